The molecule has 2 saturated carbocycles. The number of hydrogen-bond acceptors (Lipinski definition) is 4. The maximum Gasteiger partial charge on any atom is 0.409 e. The number of nitrogens with zero attached hydrogens (tertiary/aromatic N) is 3. The van der Waals surface area contributed by atoms with E-state index in [0.29, 0.717) is 19.1 Å². The Labute approximate surface area is 190 Å². The van der Waals surface area contributed by atoms with Gasteiger partial charge in [-0.25, -0.2) is 4.79 Å². The molecule has 2 aromatic carbocycles. The minimum atomic E-state index is -0.245. The van der Waals surface area contributed by atoms with Crippen molar-refractivity contribution in [3.05, 3.63) is 59.2 Å². The van der Waals surface area contributed by atoms with Gasteiger partial charge in [0, 0.05) is 24.1 Å². The summed E-state index contributed by atoms with van der Waals surface area (Å²) in [6.07, 6.45) is 8.16. The number of carbonyl (C=O) groups excluding carboxylic acids is 1. The molecule has 2 aromatic rings. The van der Waals surface area contributed by atoms with Crippen molar-refractivity contribution in [2.75, 3.05) is 25.1 Å². The monoisotopic (exact) mass is 429 g/mol. The number of anilines is 1. The van der Waals surface area contributed by atoms with E-state index in [1.165, 1.54) is 67.3 Å². The summed E-state index contributed by atoms with van der Waals surface area (Å²) in [4.78, 5) is 22.0. The van der Waals surface area contributed by atoms with Crippen LogP contribution in [0.5, 0.6) is 0 Å². The molecule has 4 aliphatic rings. The summed E-state index contributed by atoms with van der Waals surface area (Å²) >= 11 is 0. The molecule has 0 saturated heterocycles. The highest BCUT2D eigenvalue weighted by atomic mass is 16.5. The van der Waals surface area contributed by atoms with Gasteiger partial charge >= 0.3 is 6.09 Å². The largest absolute Gasteiger partial charge is 0.453 e. The van der Waals surface area contributed by atoms with Crippen LogP contribution in [0, 0.1) is 5.41 Å². The molecule has 2 aliphatic carbocycles. The van der Waals surface area contributed by atoms with Crippen LogP contribution in [0.15, 0.2) is 47.5 Å². The summed E-state index contributed by atoms with van der Waals surface area (Å²) in [7, 11) is 1.46. The molecule has 1 atom stereocenters. The third-order valence-corrected chi connectivity index (χ3v) is 8.08. The molecule has 0 N–H and O–H groups in total. The van der Waals surface area contributed by atoms with Crippen LogP contribution in [0.1, 0.15) is 48.8 Å². The maximum absolute atomic E-state index is 12.2. The van der Waals surface area contributed by atoms with E-state index in [1.807, 2.05) is 4.90 Å². The fraction of sp³-hybridized carbons (Fsp3) is 0.481. The quantitative estimate of drug-likeness (QED) is 0.667. The number of amides is 1. The SMILES string of the molecule is COC(=O)N1CCc2ccc3c(c2C1)N=C1C(N3CCc2ccccc2)C12CCCCC2. The Bertz CT molecular complexity index is 1070. The molecule has 0 bridgehead atoms. The lowest BCUT2D eigenvalue weighted by Crippen LogP contribution is -2.37. The van der Waals surface area contributed by atoms with Crippen molar-refractivity contribution in [1.29, 1.82) is 0 Å². The molecule has 1 amide bonds. The Hall–Kier alpha value is -2.82. The topological polar surface area (TPSA) is 45.1 Å². The zero-order valence-corrected chi connectivity index (χ0v) is 18.8. The van der Waals surface area contributed by atoms with Gasteiger partial charge in [0.15, 0.2) is 0 Å². The normalized spacial score (nSPS) is 22.5. The average molecular weight is 430 g/mol. The molecule has 2 heterocycles. The zero-order valence-electron chi connectivity index (χ0n) is 18.8. The Kier molecular flexibility index (Phi) is 4.74. The molecule has 5 nitrogen and oxygen atoms in total. The summed E-state index contributed by atoms with van der Waals surface area (Å²) in [5.41, 5.74) is 7.96. The fourth-order valence-corrected chi connectivity index (χ4v) is 6.36. The van der Waals surface area contributed by atoms with E-state index in [-0.39, 0.29) is 11.5 Å². The number of fused-ring (bicyclic) bond motifs is 6. The predicted octanol–water partition coefficient (Wildman–Crippen LogP) is 5.28. The molecule has 2 fully saturated rings. The molecule has 1 unspecified atom stereocenters. The Morgan fingerprint density at radius 3 is 2.72 bits per heavy atom. The van der Waals surface area contributed by atoms with Crippen molar-refractivity contribution in [2.24, 2.45) is 10.4 Å². The summed E-state index contributed by atoms with van der Waals surface area (Å²) in [5, 5.41) is 0. The molecule has 32 heavy (non-hydrogen) atoms. The first kappa shape index (κ1) is 19.8. The van der Waals surface area contributed by atoms with Crippen LogP contribution in [0.2, 0.25) is 0 Å². The van der Waals surface area contributed by atoms with E-state index >= 15 is 0 Å². The molecule has 6 rings (SSSR count). The highest BCUT2D eigenvalue weighted by Gasteiger charge is 2.65. The predicted molar refractivity (Wildman–Crippen MR) is 127 cm³/mol. The molecule has 166 valence electrons. The van der Waals surface area contributed by atoms with Gasteiger partial charge in [0.05, 0.1) is 36.8 Å². The van der Waals surface area contributed by atoms with Crippen LogP contribution in [0.25, 0.3) is 0 Å². The van der Waals surface area contributed by atoms with Gasteiger partial charge in [-0.1, -0.05) is 55.7 Å². The lowest BCUT2D eigenvalue weighted by molar-refractivity contribution is 0.119. The smallest absolute Gasteiger partial charge is 0.409 e. The number of hydrogen-bond donors (Lipinski definition) is 0. The molecule has 0 radical (unpaired) electrons. The number of methoxy groups -OCH3 is 1. The van der Waals surface area contributed by atoms with E-state index < -0.39 is 0 Å². The van der Waals surface area contributed by atoms with Crippen molar-refractivity contribution in [3.63, 3.8) is 0 Å². The highest BCUT2D eigenvalue weighted by molar-refractivity contribution is 6.18. The van der Waals surface area contributed by atoms with Crippen LogP contribution < -0.4 is 4.90 Å². The molecule has 1 spiro atoms. The average Bonchev–Trinajstić information content (AvgIpc) is 3.46. The lowest BCUT2D eigenvalue weighted by Gasteiger charge is -2.34. The number of aliphatic imine (C=N–C) groups is 1. The Morgan fingerprint density at radius 2 is 1.94 bits per heavy atom. The van der Waals surface area contributed by atoms with Crippen LogP contribution in [0.3, 0.4) is 0 Å². The fourth-order valence-electron chi connectivity index (χ4n) is 6.36. The second-order valence-electron chi connectivity index (χ2n) is 9.76. The van der Waals surface area contributed by atoms with Gasteiger partial charge in [0.2, 0.25) is 0 Å². The Balaban J connectivity index is 1.38. The van der Waals surface area contributed by atoms with Gasteiger partial charge in [0.1, 0.15) is 0 Å². The highest BCUT2D eigenvalue weighted by Crippen LogP contribution is 2.61. The number of ether oxygens (including phenoxy) is 1. The third kappa shape index (κ3) is 3.05. The van der Waals surface area contributed by atoms with Crippen LogP contribution in [-0.4, -0.2) is 42.9 Å². The standard InChI is InChI=1S/C27H31N3O2/c1-32-26(31)29-16-13-20-10-11-22-23(21(20)18-29)28-24-25(27(24)14-6-3-7-15-27)30(22)17-12-19-8-4-2-5-9-19/h2,4-5,8-11,25H,3,6-7,12-18H2,1H3. The van der Waals surface area contributed by atoms with Crippen molar-refractivity contribution in [2.45, 2.75) is 57.5 Å². The molecule has 0 aromatic heterocycles. The van der Waals surface area contributed by atoms with Gasteiger partial charge in [0.25, 0.3) is 0 Å². The first-order valence-corrected chi connectivity index (χ1v) is 12.1. The lowest BCUT2D eigenvalue weighted by atomic mass is 9.85. The van der Waals surface area contributed by atoms with E-state index in [9.17, 15) is 4.79 Å². The van der Waals surface area contributed by atoms with Crippen LogP contribution >= 0.6 is 0 Å². The minimum Gasteiger partial charge on any atom is -0.453 e. The number of carbonyl (C=O) groups is 1. The first-order chi connectivity index (χ1) is 15.7. The zero-order chi connectivity index (χ0) is 21.7. The third-order valence-electron chi connectivity index (χ3n) is 8.08. The summed E-state index contributed by atoms with van der Waals surface area (Å²) in [6.45, 7) is 2.30. The van der Waals surface area contributed by atoms with Gasteiger partial charge in [-0.15, -0.1) is 0 Å². The summed E-state index contributed by atoms with van der Waals surface area (Å²) < 4.78 is 5.02. The summed E-state index contributed by atoms with van der Waals surface area (Å²) in [6, 6.07) is 15.8. The maximum atomic E-state index is 12.2. The van der Waals surface area contributed by atoms with E-state index in [2.05, 4.69) is 47.4 Å². The van der Waals surface area contributed by atoms with Crippen molar-refractivity contribution < 1.29 is 9.53 Å². The van der Waals surface area contributed by atoms with Gasteiger partial charge in [-0.3, -0.25) is 4.99 Å². The van der Waals surface area contributed by atoms with Crippen LogP contribution in [-0.2, 0) is 24.1 Å². The Morgan fingerprint density at radius 1 is 1.12 bits per heavy atom. The van der Waals surface area contributed by atoms with Crippen molar-refractivity contribution in [1.82, 2.24) is 4.90 Å². The molecular formula is C27H31N3O2. The summed E-state index contributed by atoms with van der Waals surface area (Å²) in [5.74, 6) is 0. The molecular weight excluding hydrogens is 398 g/mol. The number of benzene rings is 2. The minimum absolute atomic E-state index is 0.245. The van der Waals surface area contributed by atoms with Crippen LogP contribution in [0.4, 0.5) is 16.2 Å². The van der Waals surface area contributed by atoms with Crippen molar-refractivity contribution >= 4 is 23.2 Å². The van der Waals surface area contributed by atoms with E-state index in [0.717, 1.165) is 25.1 Å². The number of rotatable bonds is 3. The van der Waals surface area contributed by atoms with Gasteiger partial charge in [-0.2, -0.15) is 0 Å². The second-order valence-corrected chi connectivity index (χ2v) is 9.76. The second kappa shape index (κ2) is 7.65. The molecule has 5 heteroatoms. The van der Waals surface area contributed by atoms with E-state index in [4.69, 9.17) is 9.73 Å². The van der Waals surface area contributed by atoms with Gasteiger partial charge < -0.3 is 14.5 Å². The first-order valence-electron chi connectivity index (χ1n) is 12.1. The molecule has 2 aliphatic heterocycles. The van der Waals surface area contributed by atoms with Gasteiger partial charge in [-0.05, 0) is 42.9 Å². The van der Waals surface area contributed by atoms with E-state index in [1.54, 1.807) is 0 Å². The van der Waals surface area contributed by atoms with Crippen molar-refractivity contribution in [3.8, 4) is 0 Å².